The molecule has 0 saturated carbocycles. The summed E-state index contributed by atoms with van der Waals surface area (Å²) < 4.78 is 0. The van der Waals surface area contributed by atoms with Crippen LogP contribution in [0, 0.1) is 5.41 Å². The SMILES string of the molecule is C[C@@H]1CC(C)(C)Cc2c1sc1nc[nH]c(=O)c21. The van der Waals surface area contributed by atoms with Crippen LogP contribution >= 0.6 is 11.3 Å². The van der Waals surface area contributed by atoms with E-state index in [0.717, 1.165) is 16.6 Å². The third kappa shape index (κ3) is 1.62. The van der Waals surface area contributed by atoms with E-state index in [1.807, 2.05) is 0 Å². The van der Waals surface area contributed by atoms with Crippen molar-refractivity contribution < 1.29 is 0 Å². The Balaban J connectivity index is 2.35. The molecule has 2 aromatic rings. The van der Waals surface area contributed by atoms with Gasteiger partial charge in [-0.25, -0.2) is 4.98 Å². The zero-order valence-electron chi connectivity index (χ0n) is 10.3. The third-order valence-corrected chi connectivity index (χ3v) is 4.96. The summed E-state index contributed by atoms with van der Waals surface area (Å²) in [7, 11) is 0. The molecule has 1 atom stereocenters. The third-order valence-electron chi connectivity index (χ3n) is 3.59. The molecule has 0 amide bonds. The van der Waals surface area contributed by atoms with Gasteiger partial charge in [-0.1, -0.05) is 20.8 Å². The average Bonchev–Trinajstić information content (AvgIpc) is 2.56. The maximum atomic E-state index is 11.9. The van der Waals surface area contributed by atoms with Crippen LogP contribution in [0.1, 0.15) is 43.6 Å². The van der Waals surface area contributed by atoms with E-state index in [9.17, 15) is 4.79 Å². The molecule has 0 bridgehead atoms. The van der Waals surface area contributed by atoms with Gasteiger partial charge in [0, 0.05) is 4.88 Å². The Hall–Kier alpha value is -1.16. The molecule has 3 rings (SSSR count). The molecule has 0 aromatic carbocycles. The van der Waals surface area contributed by atoms with Gasteiger partial charge in [0.05, 0.1) is 11.7 Å². The second-order valence-electron chi connectivity index (χ2n) is 5.80. The lowest BCUT2D eigenvalue weighted by atomic mass is 9.72. The molecule has 4 heteroatoms. The molecule has 2 heterocycles. The maximum absolute atomic E-state index is 11.9. The molecule has 0 spiro atoms. The van der Waals surface area contributed by atoms with E-state index in [1.165, 1.54) is 23.2 Å². The highest BCUT2D eigenvalue weighted by Gasteiger charge is 2.33. The lowest BCUT2D eigenvalue weighted by Gasteiger charge is -2.33. The number of aromatic nitrogens is 2. The average molecular weight is 248 g/mol. The monoisotopic (exact) mass is 248 g/mol. The van der Waals surface area contributed by atoms with Gasteiger partial charge in [0.25, 0.3) is 5.56 Å². The highest BCUT2D eigenvalue weighted by molar-refractivity contribution is 7.18. The maximum Gasteiger partial charge on any atom is 0.259 e. The highest BCUT2D eigenvalue weighted by atomic mass is 32.1. The fourth-order valence-corrected chi connectivity index (χ4v) is 4.28. The molecule has 1 N–H and O–H groups in total. The summed E-state index contributed by atoms with van der Waals surface area (Å²) in [5.74, 6) is 0.535. The lowest BCUT2D eigenvalue weighted by molar-refractivity contribution is 0.292. The quantitative estimate of drug-likeness (QED) is 0.778. The van der Waals surface area contributed by atoms with Crippen molar-refractivity contribution in [2.45, 2.75) is 39.5 Å². The first-order valence-electron chi connectivity index (χ1n) is 5.97. The van der Waals surface area contributed by atoms with E-state index < -0.39 is 0 Å². The first-order valence-corrected chi connectivity index (χ1v) is 6.78. The molecule has 90 valence electrons. The molecule has 0 aliphatic heterocycles. The van der Waals surface area contributed by atoms with E-state index in [-0.39, 0.29) is 11.0 Å². The molecule has 1 aliphatic rings. The first-order chi connectivity index (χ1) is 7.98. The van der Waals surface area contributed by atoms with Gasteiger partial charge < -0.3 is 4.98 Å². The fraction of sp³-hybridized carbons (Fsp3) is 0.538. The van der Waals surface area contributed by atoms with Crippen LogP contribution in [0.2, 0.25) is 0 Å². The summed E-state index contributed by atoms with van der Waals surface area (Å²) >= 11 is 1.69. The van der Waals surface area contributed by atoms with Gasteiger partial charge in [-0.05, 0) is 29.7 Å². The zero-order valence-corrected chi connectivity index (χ0v) is 11.1. The number of hydrogen-bond donors (Lipinski definition) is 1. The van der Waals surface area contributed by atoms with Crippen LogP contribution in [0.4, 0.5) is 0 Å². The molecule has 17 heavy (non-hydrogen) atoms. The van der Waals surface area contributed by atoms with Crippen LogP contribution < -0.4 is 5.56 Å². The van der Waals surface area contributed by atoms with Crippen LogP contribution in [0.3, 0.4) is 0 Å². The largest absolute Gasteiger partial charge is 0.313 e. The number of rotatable bonds is 0. The molecule has 0 fully saturated rings. The molecule has 0 saturated heterocycles. The summed E-state index contributed by atoms with van der Waals surface area (Å²) in [6.07, 6.45) is 3.68. The molecule has 0 radical (unpaired) electrons. The Kier molecular flexibility index (Phi) is 2.20. The Morgan fingerprint density at radius 2 is 2.29 bits per heavy atom. The number of H-pyrrole nitrogens is 1. The van der Waals surface area contributed by atoms with Gasteiger partial charge in [0.2, 0.25) is 0 Å². The van der Waals surface area contributed by atoms with Gasteiger partial charge in [0.15, 0.2) is 0 Å². The van der Waals surface area contributed by atoms with Crippen molar-refractivity contribution in [2.24, 2.45) is 5.41 Å². The van der Waals surface area contributed by atoms with Crippen LogP contribution in [0.15, 0.2) is 11.1 Å². The van der Waals surface area contributed by atoms with E-state index in [2.05, 4.69) is 30.7 Å². The molecule has 1 aliphatic carbocycles. The van der Waals surface area contributed by atoms with E-state index in [0.29, 0.717) is 5.92 Å². The predicted octanol–water partition coefficient (Wildman–Crippen LogP) is 3.06. The molecule has 0 unspecified atom stereocenters. The number of hydrogen-bond acceptors (Lipinski definition) is 3. The molecule has 2 aromatic heterocycles. The van der Waals surface area contributed by atoms with Gasteiger partial charge in [-0.2, -0.15) is 0 Å². The normalized spacial score (nSPS) is 22.6. The van der Waals surface area contributed by atoms with Crippen molar-refractivity contribution in [1.82, 2.24) is 9.97 Å². The Labute approximate surface area is 104 Å². The van der Waals surface area contributed by atoms with Crippen LogP contribution in [-0.2, 0) is 6.42 Å². The number of fused-ring (bicyclic) bond motifs is 3. The van der Waals surface area contributed by atoms with Crippen LogP contribution in [0.25, 0.3) is 10.2 Å². The summed E-state index contributed by atoms with van der Waals surface area (Å²) in [4.78, 5) is 21.2. The van der Waals surface area contributed by atoms with Gasteiger partial charge in [-0.15, -0.1) is 11.3 Å². The second kappa shape index (κ2) is 3.42. The van der Waals surface area contributed by atoms with Crippen molar-refractivity contribution in [3.05, 3.63) is 27.1 Å². The number of aromatic amines is 1. The first kappa shape index (κ1) is 11.0. The van der Waals surface area contributed by atoms with Gasteiger partial charge in [0.1, 0.15) is 4.83 Å². The van der Waals surface area contributed by atoms with Crippen molar-refractivity contribution in [3.8, 4) is 0 Å². The molecular formula is C13H16N2OS. The zero-order chi connectivity index (χ0) is 12.2. The minimum atomic E-state index is 0.0115. The Bertz CT molecular complexity index is 638. The Morgan fingerprint density at radius 1 is 1.53 bits per heavy atom. The summed E-state index contributed by atoms with van der Waals surface area (Å²) in [5, 5.41) is 0.826. The number of nitrogens with one attached hydrogen (secondary N) is 1. The van der Waals surface area contributed by atoms with Crippen LogP contribution in [-0.4, -0.2) is 9.97 Å². The second-order valence-corrected chi connectivity index (χ2v) is 6.83. The standard InChI is InChI=1S/C13H16N2OS/c1-7-4-13(2,3)5-8-9-11(16)14-6-15-12(9)17-10(7)8/h6-7H,4-5H2,1-3H3,(H,14,15,16)/t7-/m1/s1. The minimum absolute atomic E-state index is 0.0115. The Morgan fingerprint density at radius 3 is 3.06 bits per heavy atom. The van der Waals surface area contributed by atoms with Crippen molar-refractivity contribution in [3.63, 3.8) is 0 Å². The van der Waals surface area contributed by atoms with E-state index >= 15 is 0 Å². The van der Waals surface area contributed by atoms with Crippen molar-refractivity contribution in [1.29, 1.82) is 0 Å². The van der Waals surface area contributed by atoms with Crippen LogP contribution in [0.5, 0.6) is 0 Å². The van der Waals surface area contributed by atoms with E-state index in [1.54, 1.807) is 11.3 Å². The highest BCUT2D eigenvalue weighted by Crippen LogP contribution is 2.46. The smallest absolute Gasteiger partial charge is 0.259 e. The van der Waals surface area contributed by atoms with Gasteiger partial charge in [-0.3, -0.25) is 4.79 Å². The summed E-state index contributed by atoms with van der Waals surface area (Å²) in [6, 6.07) is 0. The predicted molar refractivity (Wildman–Crippen MR) is 70.8 cm³/mol. The number of thiophene rings is 1. The minimum Gasteiger partial charge on any atom is -0.313 e. The topological polar surface area (TPSA) is 45.8 Å². The van der Waals surface area contributed by atoms with Crippen molar-refractivity contribution in [2.75, 3.05) is 0 Å². The van der Waals surface area contributed by atoms with Gasteiger partial charge >= 0.3 is 0 Å². The number of nitrogens with zero attached hydrogens (tertiary/aromatic N) is 1. The molecule has 3 nitrogen and oxygen atoms in total. The van der Waals surface area contributed by atoms with Crippen molar-refractivity contribution >= 4 is 21.6 Å². The van der Waals surface area contributed by atoms with E-state index in [4.69, 9.17) is 0 Å². The summed E-state index contributed by atoms with van der Waals surface area (Å²) in [6.45, 7) is 6.81. The summed E-state index contributed by atoms with van der Waals surface area (Å²) in [5.41, 5.74) is 1.53. The lowest BCUT2D eigenvalue weighted by Crippen LogP contribution is -2.24. The fourth-order valence-electron chi connectivity index (χ4n) is 3.06. The molecular weight excluding hydrogens is 232 g/mol.